The topological polar surface area (TPSA) is 66.5 Å². The quantitative estimate of drug-likeness (QED) is 0.803. The van der Waals surface area contributed by atoms with Gasteiger partial charge in [0.1, 0.15) is 5.54 Å². The first-order chi connectivity index (χ1) is 11.4. The number of carbonyl (C=O) groups excluding carboxylic acids is 1. The molecule has 0 saturated carbocycles. The average Bonchev–Trinajstić information content (AvgIpc) is 3.15. The Morgan fingerprint density at radius 2 is 1.92 bits per heavy atom. The van der Waals surface area contributed by atoms with Crippen LogP contribution in [0.2, 0.25) is 0 Å². The molecule has 1 aromatic carbocycles. The molecule has 0 bridgehead atoms. The number of hydrogen-bond donors (Lipinski definition) is 1. The molecule has 0 spiro atoms. The number of benzene rings is 1. The summed E-state index contributed by atoms with van der Waals surface area (Å²) in [6.07, 6.45) is 8.53. The van der Waals surface area contributed by atoms with Crippen LogP contribution in [-0.2, 0) is 10.0 Å². The maximum atomic E-state index is 12.6. The lowest BCUT2D eigenvalue weighted by atomic mass is 9.93. The van der Waals surface area contributed by atoms with E-state index in [2.05, 4.69) is 11.2 Å². The summed E-state index contributed by atoms with van der Waals surface area (Å²) in [7, 11) is -3.54. The highest BCUT2D eigenvalue weighted by Crippen LogP contribution is 2.22. The van der Waals surface area contributed by atoms with E-state index in [0.717, 1.165) is 12.8 Å². The van der Waals surface area contributed by atoms with Crippen LogP contribution in [0.15, 0.2) is 29.2 Å². The van der Waals surface area contributed by atoms with Gasteiger partial charge in [0.2, 0.25) is 10.0 Å². The van der Waals surface area contributed by atoms with Gasteiger partial charge in [-0.1, -0.05) is 25.8 Å². The summed E-state index contributed by atoms with van der Waals surface area (Å²) in [6, 6.07) is 6.15. The summed E-state index contributed by atoms with van der Waals surface area (Å²) >= 11 is 0. The van der Waals surface area contributed by atoms with E-state index in [0.29, 0.717) is 31.5 Å². The Balaban J connectivity index is 2.27. The maximum Gasteiger partial charge on any atom is 0.252 e. The molecule has 1 saturated heterocycles. The zero-order chi connectivity index (χ0) is 17.8. The van der Waals surface area contributed by atoms with Crippen molar-refractivity contribution in [2.24, 2.45) is 0 Å². The van der Waals surface area contributed by atoms with Crippen LogP contribution in [0, 0.1) is 12.3 Å². The SMILES string of the molecule is C#CC(CC)(CC)NC(=O)c1cccc(S(=O)(=O)N2CCCC2)c1. The molecule has 5 nitrogen and oxygen atoms in total. The number of terminal acetylenes is 1. The molecule has 0 aliphatic carbocycles. The van der Waals surface area contributed by atoms with Gasteiger partial charge in [0, 0.05) is 18.7 Å². The lowest BCUT2D eigenvalue weighted by Gasteiger charge is -2.27. The lowest BCUT2D eigenvalue weighted by Crippen LogP contribution is -2.46. The second-order valence-electron chi connectivity index (χ2n) is 6.03. The van der Waals surface area contributed by atoms with Crippen molar-refractivity contribution in [3.63, 3.8) is 0 Å². The summed E-state index contributed by atoms with van der Waals surface area (Å²) < 4.78 is 26.7. The van der Waals surface area contributed by atoms with Crippen LogP contribution >= 0.6 is 0 Å². The highest BCUT2D eigenvalue weighted by Gasteiger charge is 2.29. The van der Waals surface area contributed by atoms with Crippen LogP contribution in [-0.4, -0.2) is 37.3 Å². The fourth-order valence-corrected chi connectivity index (χ4v) is 4.40. The first-order valence-electron chi connectivity index (χ1n) is 8.29. The highest BCUT2D eigenvalue weighted by atomic mass is 32.2. The Morgan fingerprint density at radius 3 is 2.46 bits per heavy atom. The minimum atomic E-state index is -3.54. The van der Waals surface area contributed by atoms with Gasteiger partial charge in [-0.2, -0.15) is 4.31 Å². The van der Waals surface area contributed by atoms with E-state index in [1.807, 2.05) is 13.8 Å². The standard InChI is InChI=1S/C18H24N2O3S/c1-4-18(5-2,6-3)19-17(21)15-10-9-11-16(14-15)24(22,23)20-12-7-8-13-20/h1,9-11,14H,5-8,12-13H2,2-3H3,(H,19,21). The van der Waals surface area contributed by atoms with Gasteiger partial charge in [-0.05, 0) is 43.9 Å². The third kappa shape index (κ3) is 3.63. The van der Waals surface area contributed by atoms with E-state index in [-0.39, 0.29) is 10.8 Å². The third-order valence-electron chi connectivity index (χ3n) is 4.64. The molecular formula is C18H24N2O3S. The van der Waals surface area contributed by atoms with E-state index in [1.165, 1.54) is 16.4 Å². The Hall–Kier alpha value is -1.84. The van der Waals surface area contributed by atoms with Crippen molar-refractivity contribution in [2.75, 3.05) is 13.1 Å². The molecule has 1 heterocycles. The molecule has 0 radical (unpaired) electrons. The molecule has 24 heavy (non-hydrogen) atoms. The fraction of sp³-hybridized carbons (Fsp3) is 0.500. The van der Waals surface area contributed by atoms with E-state index < -0.39 is 15.6 Å². The van der Waals surface area contributed by atoms with Crippen LogP contribution in [0.25, 0.3) is 0 Å². The number of sulfonamides is 1. The summed E-state index contributed by atoms with van der Waals surface area (Å²) in [5.41, 5.74) is -0.405. The van der Waals surface area contributed by atoms with Crippen LogP contribution < -0.4 is 5.32 Å². The summed E-state index contributed by atoms with van der Waals surface area (Å²) in [6.45, 7) is 4.89. The van der Waals surface area contributed by atoms with Gasteiger partial charge in [0.15, 0.2) is 0 Å². The normalized spacial score (nSPS) is 15.9. The number of amides is 1. The van der Waals surface area contributed by atoms with Crippen LogP contribution in [0.3, 0.4) is 0 Å². The zero-order valence-electron chi connectivity index (χ0n) is 14.2. The Labute approximate surface area is 144 Å². The lowest BCUT2D eigenvalue weighted by molar-refractivity contribution is 0.0916. The molecular weight excluding hydrogens is 324 g/mol. The van der Waals surface area contributed by atoms with Crippen molar-refractivity contribution in [3.05, 3.63) is 29.8 Å². The predicted octanol–water partition coefficient (Wildman–Crippen LogP) is 2.39. The fourth-order valence-electron chi connectivity index (χ4n) is 2.83. The number of carbonyl (C=O) groups is 1. The molecule has 6 heteroatoms. The molecule has 0 atom stereocenters. The van der Waals surface area contributed by atoms with E-state index >= 15 is 0 Å². The zero-order valence-corrected chi connectivity index (χ0v) is 15.0. The van der Waals surface area contributed by atoms with E-state index in [1.54, 1.807) is 12.1 Å². The maximum absolute atomic E-state index is 12.6. The van der Waals surface area contributed by atoms with Gasteiger partial charge >= 0.3 is 0 Å². The minimum absolute atomic E-state index is 0.149. The smallest absolute Gasteiger partial charge is 0.252 e. The number of hydrogen-bond acceptors (Lipinski definition) is 3. The third-order valence-corrected chi connectivity index (χ3v) is 6.53. The van der Waals surface area contributed by atoms with E-state index in [9.17, 15) is 13.2 Å². The number of nitrogens with zero attached hydrogens (tertiary/aromatic N) is 1. The molecule has 1 aromatic rings. The number of rotatable bonds is 6. The van der Waals surface area contributed by atoms with Crippen LogP contribution in [0.1, 0.15) is 49.9 Å². The summed E-state index contributed by atoms with van der Waals surface area (Å²) in [4.78, 5) is 12.7. The van der Waals surface area contributed by atoms with Gasteiger partial charge in [-0.15, -0.1) is 6.42 Å². The molecule has 130 valence electrons. The second kappa shape index (κ2) is 7.37. The first-order valence-corrected chi connectivity index (χ1v) is 9.73. The van der Waals surface area contributed by atoms with Crippen molar-refractivity contribution in [1.82, 2.24) is 9.62 Å². The van der Waals surface area contributed by atoms with Crippen molar-refractivity contribution >= 4 is 15.9 Å². The van der Waals surface area contributed by atoms with Crippen molar-refractivity contribution in [1.29, 1.82) is 0 Å². The Bertz CT molecular complexity index is 740. The molecule has 1 N–H and O–H groups in total. The number of nitrogens with one attached hydrogen (secondary N) is 1. The monoisotopic (exact) mass is 348 g/mol. The van der Waals surface area contributed by atoms with Gasteiger partial charge in [0.05, 0.1) is 4.90 Å². The molecule has 0 unspecified atom stereocenters. The average molecular weight is 348 g/mol. The van der Waals surface area contributed by atoms with Crippen molar-refractivity contribution in [3.8, 4) is 12.3 Å². The summed E-state index contributed by atoms with van der Waals surface area (Å²) in [5, 5.41) is 2.86. The predicted molar refractivity (Wildman–Crippen MR) is 94.0 cm³/mol. The molecule has 1 aliphatic heterocycles. The van der Waals surface area contributed by atoms with Gasteiger partial charge in [-0.25, -0.2) is 8.42 Å². The molecule has 1 fully saturated rings. The van der Waals surface area contributed by atoms with Gasteiger partial charge in [0.25, 0.3) is 5.91 Å². The summed E-state index contributed by atoms with van der Waals surface area (Å²) in [5.74, 6) is 2.30. The van der Waals surface area contributed by atoms with Gasteiger partial charge < -0.3 is 5.32 Å². The van der Waals surface area contributed by atoms with Crippen molar-refractivity contribution < 1.29 is 13.2 Å². The van der Waals surface area contributed by atoms with Gasteiger partial charge in [-0.3, -0.25) is 4.79 Å². The van der Waals surface area contributed by atoms with Crippen LogP contribution in [0.5, 0.6) is 0 Å². The molecule has 1 aliphatic rings. The largest absolute Gasteiger partial charge is 0.336 e. The van der Waals surface area contributed by atoms with Crippen molar-refractivity contribution in [2.45, 2.75) is 50.0 Å². The first kappa shape index (κ1) is 18.5. The second-order valence-corrected chi connectivity index (χ2v) is 7.96. The molecule has 2 rings (SSSR count). The molecule has 1 amide bonds. The Morgan fingerprint density at radius 1 is 1.29 bits per heavy atom. The minimum Gasteiger partial charge on any atom is -0.336 e. The highest BCUT2D eigenvalue weighted by molar-refractivity contribution is 7.89. The van der Waals surface area contributed by atoms with E-state index in [4.69, 9.17) is 6.42 Å². The Kier molecular flexibility index (Phi) is 5.68. The van der Waals surface area contributed by atoms with Crippen LogP contribution in [0.4, 0.5) is 0 Å². The molecule has 0 aromatic heterocycles.